The van der Waals surface area contributed by atoms with Gasteiger partial charge in [-0.1, -0.05) is 45.4 Å². The zero-order valence-corrected chi connectivity index (χ0v) is 13.4. The normalized spacial score (nSPS) is 23.1. The molecular formula is C16H32O4. The molecule has 0 bridgehead atoms. The van der Waals surface area contributed by atoms with Gasteiger partial charge in [-0.3, -0.25) is 0 Å². The van der Waals surface area contributed by atoms with E-state index < -0.39 is 5.79 Å². The van der Waals surface area contributed by atoms with E-state index in [1.54, 1.807) is 0 Å². The SMILES string of the molecule is CCCCCCCCC(O)COCC1COC(C)(C)O1. The number of unbranched alkanes of at least 4 members (excludes halogenated alkanes) is 5. The minimum absolute atomic E-state index is 0.00811. The molecule has 120 valence electrons. The molecule has 0 aromatic carbocycles. The van der Waals surface area contributed by atoms with Gasteiger partial charge in [-0.05, 0) is 20.3 Å². The van der Waals surface area contributed by atoms with Gasteiger partial charge in [0, 0.05) is 0 Å². The molecule has 0 aromatic rings. The summed E-state index contributed by atoms with van der Waals surface area (Å²) in [6.07, 6.45) is 7.98. The van der Waals surface area contributed by atoms with E-state index in [4.69, 9.17) is 14.2 Å². The van der Waals surface area contributed by atoms with Crippen LogP contribution < -0.4 is 0 Å². The molecule has 1 heterocycles. The van der Waals surface area contributed by atoms with Crippen LogP contribution >= 0.6 is 0 Å². The molecule has 0 saturated carbocycles. The lowest BCUT2D eigenvalue weighted by Gasteiger charge is -2.17. The van der Waals surface area contributed by atoms with Gasteiger partial charge in [-0.25, -0.2) is 0 Å². The lowest BCUT2D eigenvalue weighted by Crippen LogP contribution is -2.26. The quantitative estimate of drug-likeness (QED) is 0.593. The Morgan fingerprint density at radius 2 is 1.90 bits per heavy atom. The van der Waals surface area contributed by atoms with Crippen molar-refractivity contribution < 1.29 is 19.3 Å². The van der Waals surface area contributed by atoms with Crippen molar-refractivity contribution in [1.82, 2.24) is 0 Å². The van der Waals surface area contributed by atoms with E-state index in [0.717, 1.165) is 12.8 Å². The Morgan fingerprint density at radius 3 is 2.55 bits per heavy atom. The van der Waals surface area contributed by atoms with Crippen LogP contribution in [0.1, 0.15) is 65.7 Å². The molecule has 20 heavy (non-hydrogen) atoms. The average molecular weight is 288 g/mol. The number of rotatable bonds is 11. The number of ether oxygens (including phenoxy) is 3. The van der Waals surface area contributed by atoms with E-state index >= 15 is 0 Å². The first kappa shape index (κ1) is 17.9. The molecule has 0 aromatic heterocycles. The van der Waals surface area contributed by atoms with Crippen molar-refractivity contribution in [3.8, 4) is 0 Å². The number of aliphatic hydroxyl groups excluding tert-OH is 1. The van der Waals surface area contributed by atoms with Gasteiger partial charge in [-0.2, -0.15) is 0 Å². The standard InChI is InChI=1S/C16H32O4/c1-4-5-6-7-8-9-10-14(17)11-18-12-15-13-19-16(2,3)20-15/h14-15,17H,4-13H2,1-3H3. The third kappa shape index (κ3) is 8.20. The molecule has 0 amide bonds. The molecule has 0 aliphatic carbocycles. The van der Waals surface area contributed by atoms with E-state index in [1.165, 1.54) is 32.1 Å². The van der Waals surface area contributed by atoms with Crippen molar-refractivity contribution >= 4 is 0 Å². The molecular weight excluding hydrogens is 256 g/mol. The summed E-state index contributed by atoms with van der Waals surface area (Å²) in [6.45, 7) is 7.49. The van der Waals surface area contributed by atoms with Crippen molar-refractivity contribution in [3.63, 3.8) is 0 Å². The van der Waals surface area contributed by atoms with Crippen LogP contribution in [0, 0.1) is 0 Å². The molecule has 2 unspecified atom stereocenters. The van der Waals surface area contributed by atoms with Crippen LogP contribution in [0.15, 0.2) is 0 Å². The lowest BCUT2D eigenvalue weighted by molar-refractivity contribution is -0.146. The van der Waals surface area contributed by atoms with Crippen LogP contribution in [0.3, 0.4) is 0 Å². The van der Waals surface area contributed by atoms with E-state index in [9.17, 15) is 5.11 Å². The van der Waals surface area contributed by atoms with Gasteiger partial charge in [0.1, 0.15) is 6.10 Å². The molecule has 1 saturated heterocycles. The second-order valence-corrected chi connectivity index (χ2v) is 6.20. The predicted octanol–water partition coefficient (Wildman–Crippen LogP) is 3.27. The highest BCUT2D eigenvalue weighted by Crippen LogP contribution is 2.22. The van der Waals surface area contributed by atoms with Gasteiger partial charge in [0.05, 0.1) is 25.9 Å². The second kappa shape index (κ2) is 9.72. The molecule has 1 N–H and O–H groups in total. The van der Waals surface area contributed by atoms with Crippen LogP contribution in [-0.4, -0.2) is 42.9 Å². The minimum Gasteiger partial charge on any atom is -0.391 e. The smallest absolute Gasteiger partial charge is 0.163 e. The average Bonchev–Trinajstić information content (AvgIpc) is 2.73. The summed E-state index contributed by atoms with van der Waals surface area (Å²) in [7, 11) is 0. The summed E-state index contributed by atoms with van der Waals surface area (Å²) in [5.74, 6) is -0.495. The maximum Gasteiger partial charge on any atom is 0.163 e. The molecule has 2 atom stereocenters. The van der Waals surface area contributed by atoms with E-state index in [1.807, 2.05) is 13.8 Å². The largest absolute Gasteiger partial charge is 0.391 e. The molecule has 0 spiro atoms. The number of hydrogen-bond donors (Lipinski definition) is 1. The summed E-state index contributed by atoms with van der Waals surface area (Å²) in [5, 5.41) is 9.83. The van der Waals surface area contributed by atoms with E-state index in [2.05, 4.69) is 6.92 Å². The van der Waals surface area contributed by atoms with E-state index in [0.29, 0.717) is 19.8 Å². The Labute approximate surface area is 123 Å². The topological polar surface area (TPSA) is 47.9 Å². The van der Waals surface area contributed by atoms with Crippen LogP contribution in [-0.2, 0) is 14.2 Å². The lowest BCUT2D eigenvalue weighted by atomic mass is 10.1. The van der Waals surface area contributed by atoms with Crippen LogP contribution in [0.25, 0.3) is 0 Å². The second-order valence-electron chi connectivity index (χ2n) is 6.20. The fourth-order valence-electron chi connectivity index (χ4n) is 2.42. The van der Waals surface area contributed by atoms with Crippen molar-refractivity contribution in [1.29, 1.82) is 0 Å². The van der Waals surface area contributed by atoms with Crippen molar-refractivity contribution in [3.05, 3.63) is 0 Å². The Kier molecular flexibility index (Phi) is 8.69. The molecule has 4 heteroatoms. The molecule has 0 radical (unpaired) electrons. The third-order valence-corrected chi connectivity index (χ3v) is 3.57. The first-order chi connectivity index (χ1) is 9.53. The Bertz CT molecular complexity index is 243. The fraction of sp³-hybridized carbons (Fsp3) is 1.00. The maximum atomic E-state index is 9.83. The minimum atomic E-state index is -0.495. The van der Waals surface area contributed by atoms with Gasteiger partial charge in [0.2, 0.25) is 0 Å². The Morgan fingerprint density at radius 1 is 1.20 bits per heavy atom. The first-order valence-electron chi connectivity index (χ1n) is 8.11. The van der Waals surface area contributed by atoms with Gasteiger partial charge >= 0.3 is 0 Å². The Balaban J connectivity index is 1.91. The van der Waals surface area contributed by atoms with Crippen molar-refractivity contribution in [2.75, 3.05) is 19.8 Å². The van der Waals surface area contributed by atoms with Crippen LogP contribution in [0.5, 0.6) is 0 Å². The van der Waals surface area contributed by atoms with Gasteiger partial charge < -0.3 is 19.3 Å². The molecule has 1 fully saturated rings. The highest BCUT2D eigenvalue weighted by molar-refractivity contribution is 4.70. The first-order valence-corrected chi connectivity index (χ1v) is 8.11. The summed E-state index contributed by atoms with van der Waals surface area (Å²) >= 11 is 0. The van der Waals surface area contributed by atoms with E-state index in [-0.39, 0.29) is 12.2 Å². The van der Waals surface area contributed by atoms with Gasteiger partial charge in [-0.15, -0.1) is 0 Å². The molecule has 4 nitrogen and oxygen atoms in total. The predicted molar refractivity (Wildman–Crippen MR) is 79.7 cm³/mol. The highest BCUT2D eigenvalue weighted by Gasteiger charge is 2.32. The van der Waals surface area contributed by atoms with Crippen LogP contribution in [0.2, 0.25) is 0 Å². The van der Waals surface area contributed by atoms with Crippen LogP contribution in [0.4, 0.5) is 0 Å². The summed E-state index contributed by atoms with van der Waals surface area (Å²) in [6, 6.07) is 0. The summed E-state index contributed by atoms with van der Waals surface area (Å²) in [5.41, 5.74) is 0. The molecule has 1 aliphatic heterocycles. The summed E-state index contributed by atoms with van der Waals surface area (Å²) < 4.78 is 16.6. The fourth-order valence-corrected chi connectivity index (χ4v) is 2.42. The van der Waals surface area contributed by atoms with Crippen molar-refractivity contribution in [2.24, 2.45) is 0 Å². The van der Waals surface area contributed by atoms with Gasteiger partial charge in [0.25, 0.3) is 0 Å². The maximum absolute atomic E-state index is 9.83. The zero-order chi connectivity index (χ0) is 14.8. The highest BCUT2D eigenvalue weighted by atomic mass is 16.7. The third-order valence-electron chi connectivity index (χ3n) is 3.57. The zero-order valence-electron chi connectivity index (χ0n) is 13.4. The monoisotopic (exact) mass is 288 g/mol. The Hall–Kier alpha value is -0.160. The molecule has 1 rings (SSSR count). The molecule has 1 aliphatic rings. The number of hydrogen-bond acceptors (Lipinski definition) is 4. The summed E-state index contributed by atoms with van der Waals surface area (Å²) in [4.78, 5) is 0. The van der Waals surface area contributed by atoms with Gasteiger partial charge in [0.15, 0.2) is 5.79 Å². The van der Waals surface area contributed by atoms with Crippen molar-refractivity contribution in [2.45, 2.75) is 83.7 Å². The number of aliphatic hydroxyl groups is 1.